The van der Waals surface area contributed by atoms with E-state index < -0.39 is 64.4 Å². The molecule has 4 aliphatic carbocycles. The van der Waals surface area contributed by atoms with Crippen LogP contribution in [-0.2, 0) is 28.7 Å². The summed E-state index contributed by atoms with van der Waals surface area (Å²) in [7, 11) is 0. The van der Waals surface area contributed by atoms with Gasteiger partial charge >= 0.3 is 11.9 Å². The van der Waals surface area contributed by atoms with E-state index in [0.717, 1.165) is 0 Å². The van der Waals surface area contributed by atoms with Gasteiger partial charge < -0.3 is 14.6 Å². The third kappa shape index (κ3) is 3.76. The highest BCUT2D eigenvalue weighted by molar-refractivity contribution is 6.01. The lowest BCUT2D eigenvalue weighted by atomic mass is 9.44. The quantitative estimate of drug-likeness (QED) is 0.503. The van der Waals surface area contributed by atoms with Crippen LogP contribution < -0.4 is 0 Å². The fraction of sp³-hybridized carbons (Fsp3) is 0.724. The minimum Gasteiger partial charge on any atom is -0.457 e. The minimum atomic E-state index is -2.06. The van der Waals surface area contributed by atoms with Crippen molar-refractivity contribution in [1.82, 2.24) is 0 Å². The first-order valence-corrected chi connectivity index (χ1v) is 13.5. The zero-order valence-electron chi connectivity index (χ0n) is 22.5. The molecule has 0 heterocycles. The predicted molar refractivity (Wildman–Crippen MR) is 133 cm³/mol. The highest BCUT2D eigenvalue weighted by Gasteiger charge is 2.77. The normalized spacial score (nSPS) is 42.2. The summed E-state index contributed by atoms with van der Waals surface area (Å²) in [5.74, 6) is -3.26. The molecule has 3 saturated carbocycles. The fourth-order valence-electron chi connectivity index (χ4n) is 8.18. The summed E-state index contributed by atoms with van der Waals surface area (Å²) in [6.07, 6.45) is 4.97. The summed E-state index contributed by atoms with van der Waals surface area (Å²) in [6, 6.07) is 0. The Morgan fingerprint density at radius 2 is 1.86 bits per heavy atom. The van der Waals surface area contributed by atoms with E-state index >= 15 is 4.39 Å². The van der Waals surface area contributed by atoms with Gasteiger partial charge in [-0.3, -0.25) is 19.2 Å². The summed E-state index contributed by atoms with van der Waals surface area (Å²) in [5, 5.41) is 11.6. The van der Waals surface area contributed by atoms with E-state index in [9.17, 15) is 24.3 Å². The van der Waals surface area contributed by atoms with Gasteiger partial charge in [-0.15, -0.1) is 0 Å². The molecule has 8 heteroatoms. The first-order chi connectivity index (χ1) is 17.3. The maximum absolute atomic E-state index is 17.4. The van der Waals surface area contributed by atoms with Crippen molar-refractivity contribution in [1.29, 1.82) is 0 Å². The lowest BCUT2D eigenvalue weighted by molar-refractivity contribution is -0.228. The number of rotatable bonds is 7. The third-order valence-corrected chi connectivity index (χ3v) is 9.98. The third-order valence-electron chi connectivity index (χ3n) is 9.98. The topological polar surface area (TPSA) is 107 Å². The van der Waals surface area contributed by atoms with Crippen LogP contribution in [0.5, 0.6) is 0 Å². The number of Topliss-reactive ketones (excluding diaryl/α,β-unsaturated/α-hetero) is 1. The van der Waals surface area contributed by atoms with E-state index in [1.54, 1.807) is 19.9 Å². The van der Waals surface area contributed by atoms with Gasteiger partial charge in [-0.05, 0) is 57.1 Å². The second kappa shape index (κ2) is 9.44. The smallest absolute Gasteiger partial charge is 0.306 e. The molecule has 0 aromatic carbocycles. The molecule has 1 N–H and O–H groups in total. The van der Waals surface area contributed by atoms with Gasteiger partial charge in [0.05, 0.1) is 6.10 Å². The van der Waals surface area contributed by atoms with Crippen molar-refractivity contribution >= 4 is 23.5 Å². The van der Waals surface area contributed by atoms with Gasteiger partial charge in [0.2, 0.25) is 5.78 Å². The Hall–Kier alpha value is -2.35. The van der Waals surface area contributed by atoms with Crippen molar-refractivity contribution in [2.75, 3.05) is 6.61 Å². The lowest BCUT2D eigenvalue weighted by Gasteiger charge is -2.62. The number of ether oxygens (including phenoxy) is 2. The number of aliphatic hydroxyl groups excluding tert-OH is 1. The van der Waals surface area contributed by atoms with E-state index in [1.165, 1.54) is 12.2 Å². The number of allylic oxidation sites excluding steroid dienone is 4. The maximum atomic E-state index is 17.4. The van der Waals surface area contributed by atoms with Gasteiger partial charge in [0.1, 0.15) is 0 Å². The molecular weight excluding hydrogens is 479 g/mol. The molecule has 37 heavy (non-hydrogen) atoms. The van der Waals surface area contributed by atoms with E-state index in [4.69, 9.17) is 9.47 Å². The average Bonchev–Trinajstić information content (AvgIpc) is 3.06. The Kier molecular flexibility index (Phi) is 7.06. The maximum Gasteiger partial charge on any atom is 0.306 e. The molecular formula is C29H39FO7. The van der Waals surface area contributed by atoms with Crippen LogP contribution in [0.15, 0.2) is 23.8 Å². The van der Waals surface area contributed by atoms with Crippen LogP contribution in [0.2, 0.25) is 0 Å². The van der Waals surface area contributed by atoms with Gasteiger partial charge in [0.25, 0.3) is 0 Å². The Morgan fingerprint density at radius 1 is 1.16 bits per heavy atom. The molecule has 8 atom stereocenters. The Labute approximate surface area is 217 Å². The summed E-state index contributed by atoms with van der Waals surface area (Å²) in [6.45, 7) is 8.29. The molecule has 0 aromatic heterocycles. The Morgan fingerprint density at radius 3 is 2.51 bits per heavy atom. The van der Waals surface area contributed by atoms with Gasteiger partial charge in [0, 0.05) is 35.5 Å². The van der Waals surface area contributed by atoms with Gasteiger partial charge in [-0.25, -0.2) is 4.39 Å². The van der Waals surface area contributed by atoms with Crippen molar-refractivity contribution in [3.8, 4) is 0 Å². The number of ketones is 2. The minimum absolute atomic E-state index is 0.0438. The molecule has 0 spiro atoms. The fourth-order valence-corrected chi connectivity index (χ4v) is 8.18. The lowest BCUT2D eigenvalue weighted by Crippen LogP contribution is -2.70. The zero-order chi connectivity index (χ0) is 27.4. The summed E-state index contributed by atoms with van der Waals surface area (Å²) < 4.78 is 28.7. The second-order valence-electron chi connectivity index (χ2n) is 11.8. The molecule has 0 saturated heterocycles. The molecule has 3 fully saturated rings. The molecule has 0 radical (unpaired) electrons. The number of hydrogen-bond donors (Lipinski definition) is 1. The molecule has 0 aromatic rings. The molecule has 0 aliphatic heterocycles. The standard InChI is InChI=1S/C29H39FO7/c1-6-8-25(35)36-16-23(33)29(37-24(34)7-2)17(3)13-21-20-10-9-18-14-19(31)11-12-26(18,4)28(20,30)22(32)15-27(21,29)5/h11-12,14,17,20-22,32H,6-10,13,15-16H2,1-5H3/t17-,20-,21-,22-,26-,27-,28-,29-/m0/s1. The van der Waals surface area contributed by atoms with Gasteiger partial charge in [-0.2, -0.15) is 0 Å². The number of carbonyl (C=O) groups excluding carboxylic acids is 4. The second-order valence-corrected chi connectivity index (χ2v) is 11.8. The van der Waals surface area contributed by atoms with Crippen LogP contribution >= 0.6 is 0 Å². The monoisotopic (exact) mass is 518 g/mol. The van der Waals surface area contributed by atoms with Crippen molar-refractivity contribution in [2.24, 2.45) is 28.6 Å². The first-order valence-electron chi connectivity index (χ1n) is 13.5. The highest BCUT2D eigenvalue weighted by atomic mass is 19.1. The number of alkyl halides is 1. The van der Waals surface area contributed by atoms with Crippen LogP contribution in [0, 0.1) is 28.6 Å². The number of carbonyl (C=O) groups is 4. The summed E-state index contributed by atoms with van der Waals surface area (Å²) in [5.41, 5.74) is -5.26. The van der Waals surface area contributed by atoms with Crippen LogP contribution in [0.25, 0.3) is 0 Å². The predicted octanol–water partition coefficient (Wildman–Crippen LogP) is 4.21. The average molecular weight is 519 g/mol. The first kappa shape index (κ1) is 27.7. The van der Waals surface area contributed by atoms with E-state index in [-0.39, 0.29) is 31.0 Å². The summed E-state index contributed by atoms with van der Waals surface area (Å²) in [4.78, 5) is 50.7. The molecule has 0 amide bonds. The molecule has 204 valence electrons. The molecule has 0 bridgehead atoms. The van der Waals surface area contributed by atoms with Gasteiger partial charge in [0.15, 0.2) is 23.7 Å². The number of halogens is 1. The van der Waals surface area contributed by atoms with Crippen molar-refractivity contribution in [3.63, 3.8) is 0 Å². The highest BCUT2D eigenvalue weighted by Crippen LogP contribution is 2.71. The number of esters is 2. The SMILES string of the molecule is CCCC(=O)OCC(=O)[C@@]1(OC(=O)CC)[C@@H](C)C[C@H]2[C@@H]3CCC4=CC(=O)C=C[C@]4(C)[C@@]3(F)[C@@H](O)C[C@@]21C. The van der Waals surface area contributed by atoms with Crippen LogP contribution in [0.4, 0.5) is 4.39 Å². The van der Waals surface area contributed by atoms with Crippen molar-refractivity contribution in [2.45, 2.75) is 96.9 Å². The zero-order valence-corrected chi connectivity index (χ0v) is 22.5. The Balaban J connectivity index is 1.77. The van der Waals surface area contributed by atoms with Crippen molar-refractivity contribution < 1.29 is 38.1 Å². The van der Waals surface area contributed by atoms with E-state index in [2.05, 4.69) is 0 Å². The van der Waals surface area contributed by atoms with Gasteiger partial charge in [-0.1, -0.05) is 39.3 Å². The van der Waals surface area contributed by atoms with Crippen LogP contribution in [-0.4, -0.2) is 52.6 Å². The van der Waals surface area contributed by atoms with E-state index in [1.807, 2.05) is 20.8 Å². The molecule has 4 aliphatic rings. The number of fused-ring (bicyclic) bond motifs is 5. The Bertz CT molecular complexity index is 1060. The summed E-state index contributed by atoms with van der Waals surface area (Å²) >= 11 is 0. The van der Waals surface area contributed by atoms with Crippen LogP contribution in [0.1, 0.15) is 79.6 Å². The molecule has 0 unspecified atom stereocenters. The van der Waals surface area contributed by atoms with E-state index in [0.29, 0.717) is 31.3 Å². The molecule has 7 nitrogen and oxygen atoms in total. The van der Waals surface area contributed by atoms with Crippen molar-refractivity contribution in [3.05, 3.63) is 23.8 Å². The number of aliphatic hydroxyl groups is 1. The largest absolute Gasteiger partial charge is 0.457 e. The number of hydrogen-bond acceptors (Lipinski definition) is 7. The van der Waals surface area contributed by atoms with Crippen LogP contribution in [0.3, 0.4) is 0 Å². The molecule has 4 rings (SSSR count).